The summed E-state index contributed by atoms with van der Waals surface area (Å²) >= 11 is 5.91. The number of alkyl halides is 3. The maximum Gasteiger partial charge on any atom is 0.405 e. The second-order valence-electron chi connectivity index (χ2n) is 3.57. The predicted molar refractivity (Wildman–Crippen MR) is 64.3 cm³/mol. The molecule has 0 bridgehead atoms. The zero-order chi connectivity index (χ0) is 14.5. The highest BCUT2D eigenvalue weighted by atomic mass is 35.5. The van der Waals surface area contributed by atoms with Crippen molar-refractivity contribution in [2.45, 2.75) is 12.7 Å². The van der Waals surface area contributed by atoms with Gasteiger partial charge in [0.05, 0.1) is 7.11 Å². The summed E-state index contributed by atoms with van der Waals surface area (Å²) in [5, 5.41) is 4.32. The first-order chi connectivity index (χ1) is 8.83. The van der Waals surface area contributed by atoms with Crippen LogP contribution in [0.25, 0.3) is 0 Å². The van der Waals surface area contributed by atoms with Gasteiger partial charge in [-0.2, -0.15) is 13.2 Å². The van der Waals surface area contributed by atoms with Crippen LogP contribution in [0.3, 0.4) is 0 Å². The minimum absolute atomic E-state index is 0.0352. The van der Waals surface area contributed by atoms with Crippen molar-refractivity contribution in [1.29, 1.82) is 0 Å². The van der Waals surface area contributed by atoms with Crippen LogP contribution < -0.4 is 15.4 Å². The quantitative estimate of drug-likeness (QED) is 0.897. The lowest BCUT2D eigenvalue weighted by Gasteiger charge is -2.12. The lowest BCUT2D eigenvalue weighted by atomic mass is 10.2. The molecule has 0 aliphatic rings. The topological polar surface area (TPSA) is 50.4 Å². The lowest BCUT2D eigenvalue weighted by molar-refractivity contribution is -0.122. The minimum atomic E-state index is -4.45. The standard InChI is InChI=1S/C11H12ClF3N2O2/c1-19-9-4-2-3-8(12)7(9)5-16-10(18)17-6-11(13,14)15/h2-4H,5-6H2,1H3,(H2,16,17,18). The van der Waals surface area contributed by atoms with E-state index in [2.05, 4.69) is 5.32 Å². The summed E-state index contributed by atoms with van der Waals surface area (Å²) in [4.78, 5) is 11.2. The third-order valence-electron chi connectivity index (χ3n) is 2.17. The van der Waals surface area contributed by atoms with Gasteiger partial charge in [0.2, 0.25) is 0 Å². The third kappa shape index (κ3) is 5.25. The van der Waals surface area contributed by atoms with Gasteiger partial charge in [0.25, 0.3) is 0 Å². The normalized spacial score (nSPS) is 11.0. The molecule has 0 atom stereocenters. The molecule has 2 N–H and O–H groups in total. The molecule has 1 aromatic carbocycles. The second-order valence-corrected chi connectivity index (χ2v) is 3.98. The summed E-state index contributed by atoms with van der Waals surface area (Å²) < 4.78 is 40.7. The Morgan fingerprint density at radius 3 is 2.63 bits per heavy atom. The van der Waals surface area contributed by atoms with E-state index in [1.807, 2.05) is 0 Å². The molecule has 1 aromatic rings. The molecule has 0 spiro atoms. The zero-order valence-electron chi connectivity index (χ0n) is 9.97. The van der Waals surface area contributed by atoms with Crippen molar-refractivity contribution in [3.63, 3.8) is 0 Å². The van der Waals surface area contributed by atoms with Gasteiger partial charge in [-0.05, 0) is 12.1 Å². The Kier molecular flexibility index (Phi) is 5.29. The van der Waals surface area contributed by atoms with Gasteiger partial charge in [0.15, 0.2) is 0 Å². The molecule has 0 aliphatic heterocycles. The first-order valence-electron chi connectivity index (χ1n) is 5.23. The Labute approximate surface area is 112 Å². The first-order valence-corrected chi connectivity index (χ1v) is 5.61. The van der Waals surface area contributed by atoms with E-state index < -0.39 is 18.8 Å². The summed E-state index contributed by atoms with van der Waals surface area (Å²) in [6.07, 6.45) is -4.45. The van der Waals surface area contributed by atoms with Crippen molar-refractivity contribution in [3.8, 4) is 5.75 Å². The van der Waals surface area contributed by atoms with E-state index in [-0.39, 0.29) is 6.54 Å². The minimum Gasteiger partial charge on any atom is -0.496 e. The number of amides is 2. The zero-order valence-corrected chi connectivity index (χ0v) is 10.7. The Bertz CT molecular complexity index is 452. The smallest absolute Gasteiger partial charge is 0.405 e. The molecule has 2 amide bonds. The van der Waals surface area contributed by atoms with Gasteiger partial charge in [-0.15, -0.1) is 0 Å². The number of carbonyl (C=O) groups is 1. The van der Waals surface area contributed by atoms with Gasteiger partial charge in [0.1, 0.15) is 12.3 Å². The molecule has 0 fully saturated rings. The van der Waals surface area contributed by atoms with Gasteiger partial charge in [-0.3, -0.25) is 0 Å². The lowest BCUT2D eigenvalue weighted by Crippen LogP contribution is -2.40. The highest BCUT2D eigenvalue weighted by Crippen LogP contribution is 2.25. The maximum absolute atomic E-state index is 11.9. The number of nitrogens with one attached hydrogen (secondary N) is 2. The van der Waals surface area contributed by atoms with Gasteiger partial charge in [-0.25, -0.2) is 4.79 Å². The predicted octanol–water partition coefficient (Wildman–Crippen LogP) is 2.71. The van der Waals surface area contributed by atoms with E-state index in [1.165, 1.54) is 7.11 Å². The molecule has 106 valence electrons. The molecule has 0 saturated heterocycles. The molecule has 8 heteroatoms. The highest BCUT2D eigenvalue weighted by molar-refractivity contribution is 6.31. The Morgan fingerprint density at radius 1 is 1.37 bits per heavy atom. The van der Waals surface area contributed by atoms with Gasteiger partial charge in [0, 0.05) is 17.1 Å². The van der Waals surface area contributed by atoms with Gasteiger partial charge < -0.3 is 15.4 Å². The van der Waals surface area contributed by atoms with E-state index in [0.717, 1.165) is 0 Å². The van der Waals surface area contributed by atoms with E-state index >= 15 is 0 Å². The number of urea groups is 1. The van der Waals surface area contributed by atoms with Crippen molar-refractivity contribution in [3.05, 3.63) is 28.8 Å². The number of benzene rings is 1. The maximum atomic E-state index is 11.9. The fourth-order valence-corrected chi connectivity index (χ4v) is 1.55. The van der Waals surface area contributed by atoms with Crippen LogP contribution in [-0.2, 0) is 6.54 Å². The van der Waals surface area contributed by atoms with Gasteiger partial charge >= 0.3 is 12.2 Å². The number of ether oxygens (including phenoxy) is 1. The Morgan fingerprint density at radius 2 is 2.05 bits per heavy atom. The van der Waals surface area contributed by atoms with Crippen molar-refractivity contribution >= 4 is 17.6 Å². The van der Waals surface area contributed by atoms with E-state index in [1.54, 1.807) is 23.5 Å². The molecule has 0 radical (unpaired) electrons. The van der Waals surface area contributed by atoms with E-state index in [9.17, 15) is 18.0 Å². The average molecular weight is 297 g/mol. The van der Waals surface area contributed by atoms with Crippen LogP contribution in [0.15, 0.2) is 18.2 Å². The van der Waals surface area contributed by atoms with E-state index in [4.69, 9.17) is 16.3 Å². The number of methoxy groups -OCH3 is 1. The first kappa shape index (κ1) is 15.4. The van der Waals surface area contributed by atoms with Crippen LogP contribution >= 0.6 is 11.6 Å². The molecule has 19 heavy (non-hydrogen) atoms. The number of hydrogen-bond donors (Lipinski definition) is 2. The number of hydrogen-bond acceptors (Lipinski definition) is 2. The Hall–Kier alpha value is -1.63. The number of carbonyl (C=O) groups excluding carboxylic acids is 1. The molecule has 4 nitrogen and oxygen atoms in total. The van der Waals surface area contributed by atoms with Crippen molar-refractivity contribution in [2.75, 3.05) is 13.7 Å². The molecular formula is C11H12ClF3N2O2. The average Bonchev–Trinajstić information content (AvgIpc) is 2.33. The fourth-order valence-electron chi connectivity index (χ4n) is 1.31. The summed E-state index contributed by atoms with van der Waals surface area (Å²) in [6, 6.07) is 3.96. The van der Waals surface area contributed by atoms with Crippen LogP contribution in [-0.4, -0.2) is 25.9 Å². The van der Waals surface area contributed by atoms with Crippen molar-refractivity contribution in [1.82, 2.24) is 10.6 Å². The SMILES string of the molecule is COc1cccc(Cl)c1CNC(=O)NCC(F)(F)F. The van der Waals surface area contributed by atoms with Crippen molar-refractivity contribution < 1.29 is 22.7 Å². The monoisotopic (exact) mass is 296 g/mol. The van der Waals surface area contributed by atoms with E-state index in [0.29, 0.717) is 16.3 Å². The second kappa shape index (κ2) is 6.51. The van der Waals surface area contributed by atoms with Crippen LogP contribution in [0.2, 0.25) is 5.02 Å². The molecule has 1 rings (SSSR count). The fraction of sp³-hybridized carbons (Fsp3) is 0.364. The summed E-state index contributed by atoms with van der Waals surface area (Å²) in [5.41, 5.74) is 0.494. The van der Waals surface area contributed by atoms with Crippen LogP contribution in [0, 0.1) is 0 Å². The Balaban J connectivity index is 2.55. The summed E-state index contributed by atoms with van der Waals surface area (Å²) in [6.45, 7) is -1.43. The van der Waals surface area contributed by atoms with Crippen molar-refractivity contribution in [2.24, 2.45) is 0 Å². The summed E-state index contributed by atoms with van der Waals surface area (Å²) in [7, 11) is 1.43. The summed E-state index contributed by atoms with van der Waals surface area (Å²) in [5.74, 6) is 0.448. The molecule has 0 unspecified atom stereocenters. The molecule has 0 aromatic heterocycles. The highest BCUT2D eigenvalue weighted by Gasteiger charge is 2.27. The molecule has 0 heterocycles. The number of rotatable bonds is 4. The van der Waals surface area contributed by atoms with Crippen LogP contribution in [0.5, 0.6) is 5.75 Å². The van der Waals surface area contributed by atoms with Crippen LogP contribution in [0.4, 0.5) is 18.0 Å². The molecule has 0 aliphatic carbocycles. The molecular weight excluding hydrogens is 285 g/mol. The third-order valence-corrected chi connectivity index (χ3v) is 2.53. The largest absolute Gasteiger partial charge is 0.496 e. The van der Waals surface area contributed by atoms with Gasteiger partial charge in [-0.1, -0.05) is 17.7 Å². The number of halogens is 4. The molecule has 0 saturated carbocycles. The van der Waals surface area contributed by atoms with Crippen LogP contribution in [0.1, 0.15) is 5.56 Å².